The summed E-state index contributed by atoms with van der Waals surface area (Å²) in [5.74, 6) is -3.90. The van der Waals surface area contributed by atoms with Gasteiger partial charge in [0.25, 0.3) is 11.8 Å². The van der Waals surface area contributed by atoms with Crippen LogP contribution in [0.4, 0.5) is 40.8 Å². The van der Waals surface area contributed by atoms with Crippen LogP contribution in [0.15, 0.2) is 54.6 Å². The Balaban J connectivity index is 2.24. The second kappa shape index (κ2) is 11.4. The lowest BCUT2D eigenvalue weighted by Gasteiger charge is -2.32. The molecule has 3 rings (SSSR count). The van der Waals surface area contributed by atoms with E-state index < -0.39 is 64.8 Å². The van der Waals surface area contributed by atoms with Crippen molar-refractivity contribution in [3.05, 3.63) is 88.2 Å². The first-order valence-electron chi connectivity index (χ1n) is 12.0. The molecule has 0 radical (unpaired) electrons. The molecule has 0 unspecified atom stereocenters. The first-order chi connectivity index (χ1) is 19.4. The van der Waals surface area contributed by atoms with E-state index in [1.54, 1.807) is 0 Å². The minimum Gasteiger partial charge on any atom is -0.368 e. The van der Waals surface area contributed by atoms with Gasteiger partial charge in [-0.15, -0.1) is 0 Å². The molecule has 0 atom stereocenters. The molecule has 6 nitrogen and oxygen atoms in total. The summed E-state index contributed by atoms with van der Waals surface area (Å²) < 4.78 is 111. The number of nitrogens with zero attached hydrogens (tertiary/aromatic N) is 1. The highest BCUT2D eigenvalue weighted by Crippen LogP contribution is 2.54. The van der Waals surface area contributed by atoms with E-state index in [2.05, 4.69) is 5.32 Å². The van der Waals surface area contributed by atoms with Crippen LogP contribution in [-0.2, 0) is 10.5 Å². The molecule has 0 aromatic heterocycles. The van der Waals surface area contributed by atoms with Gasteiger partial charge < -0.3 is 11.1 Å². The highest BCUT2D eigenvalue weighted by molar-refractivity contribution is 6.13. The molecule has 0 aliphatic carbocycles. The zero-order valence-corrected chi connectivity index (χ0v) is 22.2. The Labute approximate surface area is 234 Å². The Morgan fingerprint density at radius 3 is 1.81 bits per heavy atom. The molecule has 3 N–H and O–H groups in total. The van der Waals surface area contributed by atoms with Gasteiger partial charge in [0.05, 0.1) is 11.3 Å². The van der Waals surface area contributed by atoms with Crippen molar-refractivity contribution in [3.8, 4) is 11.1 Å². The standard InChI is InChI=1S/C28H23F8N3O3/c1-14-11-16(26(30,27(31,32)33)28(34,35)36)12-15(2)23(14)39(13-21(37)40)25(42)19-8-5-4-7-17(19)18-9-6-10-20(22(18)29)24(41)38-3/h4-12H,13H2,1-3H3,(H2,37,40)(H,38,41). The van der Waals surface area contributed by atoms with E-state index in [1.165, 1.54) is 49.5 Å². The van der Waals surface area contributed by atoms with Crippen LogP contribution in [0.3, 0.4) is 0 Å². The largest absolute Gasteiger partial charge is 0.435 e. The van der Waals surface area contributed by atoms with Crippen molar-refractivity contribution in [1.82, 2.24) is 5.32 Å². The molecule has 3 amide bonds. The number of carbonyl (C=O) groups excluding carboxylic acids is 3. The van der Waals surface area contributed by atoms with Crippen LogP contribution in [0.25, 0.3) is 11.1 Å². The lowest BCUT2D eigenvalue weighted by molar-refractivity contribution is -0.348. The predicted molar refractivity (Wildman–Crippen MR) is 137 cm³/mol. The summed E-state index contributed by atoms with van der Waals surface area (Å²) in [5, 5.41) is 2.27. The van der Waals surface area contributed by atoms with Crippen molar-refractivity contribution in [1.29, 1.82) is 0 Å². The van der Waals surface area contributed by atoms with E-state index in [0.29, 0.717) is 4.90 Å². The van der Waals surface area contributed by atoms with E-state index in [0.717, 1.165) is 13.8 Å². The Morgan fingerprint density at radius 1 is 0.810 bits per heavy atom. The van der Waals surface area contributed by atoms with E-state index in [4.69, 9.17) is 5.73 Å². The first-order valence-corrected chi connectivity index (χ1v) is 12.0. The number of hydrogen-bond donors (Lipinski definition) is 2. The maximum atomic E-state index is 15.4. The Bertz CT molecular complexity index is 1510. The van der Waals surface area contributed by atoms with Gasteiger partial charge in [0.2, 0.25) is 5.91 Å². The van der Waals surface area contributed by atoms with Crippen molar-refractivity contribution in [3.63, 3.8) is 0 Å². The van der Waals surface area contributed by atoms with E-state index >= 15 is 4.39 Å². The second-order valence-corrected chi connectivity index (χ2v) is 9.26. The van der Waals surface area contributed by atoms with Crippen LogP contribution in [0.1, 0.15) is 37.4 Å². The zero-order valence-electron chi connectivity index (χ0n) is 22.2. The fourth-order valence-electron chi connectivity index (χ4n) is 4.58. The summed E-state index contributed by atoms with van der Waals surface area (Å²) in [6.45, 7) is 1.16. The van der Waals surface area contributed by atoms with Gasteiger partial charge in [-0.3, -0.25) is 19.3 Å². The first kappa shape index (κ1) is 32.0. The molecule has 0 aliphatic rings. The van der Waals surface area contributed by atoms with Crippen molar-refractivity contribution >= 4 is 23.4 Å². The number of amides is 3. The van der Waals surface area contributed by atoms with Crippen LogP contribution in [0, 0.1) is 19.7 Å². The molecule has 0 bridgehead atoms. The maximum Gasteiger partial charge on any atom is 0.435 e. The highest BCUT2D eigenvalue weighted by atomic mass is 19.4. The number of anilines is 1. The minimum absolute atomic E-state index is 0.0518. The van der Waals surface area contributed by atoms with Gasteiger partial charge in [-0.05, 0) is 42.7 Å². The summed E-state index contributed by atoms with van der Waals surface area (Å²) in [4.78, 5) is 38.6. The van der Waals surface area contributed by atoms with E-state index in [9.17, 15) is 45.1 Å². The maximum absolute atomic E-state index is 15.4. The molecule has 0 saturated carbocycles. The van der Waals surface area contributed by atoms with E-state index in [1.807, 2.05) is 0 Å². The number of benzene rings is 3. The Morgan fingerprint density at radius 2 is 1.31 bits per heavy atom. The second-order valence-electron chi connectivity index (χ2n) is 9.26. The Kier molecular flexibility index (Phi) is 8.70. The normalized spacial score (nSPS) is 12.2. The Hall–Kier alpha value is -4.49. The van der Waals surface area contributed by atoms with Gasteiger partial charge in [0.1, 0.15) is 12.4 Å². The number of nitrogens with two attached hydrogens (primary N) is 1. The fraction of sp³-hybridized carbons (Fsp3) is 0.250. The number of carbonyl (C=O) groups is 3. The zero-order chi connectivity index (χ0) is 31.8. The molecule has 0 fully saturated rings. The number of alkyl halides is 7. The number of hydrogen-bond acceptors (Lipinski definition) is 3. The van der Waals surface area contributed by atoms with Crippen molar-refractivity contribution in [2.45, 2.75) is 31.9 Å². The van der Waals surface area contributed by atoms with Gasteiger partial charge in [-0.25, -0.2) is 8.78 Å². The quantitative estimate of drug-likeness (QED) is 0.331. The predicted octanol–water partition coefficient (Wildman–Crippen LogP) is 5.89. The average Bonchev–Trinajstić information content (AvgIpc) is 2.89. The number of primary amides is 1. The fourth-order valence-corrected chi connectivity index (χ4v) is 4.58. The molecular formula is C28H23F8N3O3. The van der Waals surface area contributed by atoms with Gasteiger partial charge in [0.15, 0.2) is 0 Å². The number of aryl methyl sites for hydroxylation is 2. The summed E-state index contributed by atoms with van der Waals surface area (Å²) in [5.41, 5.74) is -4.19. The third-order valence-corrected chi connectivity index (χ3v) is 6.42. The van der Waals surface area contributed by atoms with Crippen LogP contribution < -0.4 is 16.0 Å². The molecule has 3 aromatic rings. The molecule has 224 valence electrons. The minimum atomic E-state index is -6.37. The third kappa shape index (κ3) is 5.65. The number of nitrogens with one attached hydrogen (secondary N) is 1. The summed E-state index contributed by atoms with van der Waals surface area (Å²) >= 11 is 0. The SMILES string of the molecule is CNC(=O)c1cccc(-c2ccccc2C(=O)N(CC(N)=O)c2c(C)cc(C(F)(C(F)(F)F)C(F)(F)F)cc2C)c1F. The molecule has 0 saturated heterocycles. The molecule has 0 spiro atoms. The average molecular weight is 601 g/mol. The van der Waals surface area contributed by atoms with Crippen LogP contribution >= 0.6 is 0 Å². The lowest BCUT2D eigenvalue weighted by atomic mass is 9.90. The van der Waals surface area contributed by atoms with Crippen LogP contribution in [0.2, 0.25) is 0 Å². The van der Waals surface area contributed by atoms with Gasteiger partial charge in [-0.2, -0.15) is 26.3 Å². The van der Waals surface area contributed by atoms with Gasteiger partial charge in [-0.1, -0.05) is 42.5 Å². The van der Waals surface area contributed by atoms with E-state index in [-0.39, 0.29) is 40.1 Å². The van der Waals surface area contributed by atoms with Gasteiger partial charge in [0, 0.05) is 23.7 Å². The van der Waals surface area contributed by atoms with Gasteiger partial charge >= 0.3 is 18.0 Å². The topological polar surface area (TPSA) is 92.5 Å². The molecular weight excluding hydrogens is 578 g/mol. The van der Waals surface area contributed by atoms with Crippen molar-refractivity contribution in [2.24, 2.45) is 5.73 Å². The molecule has 0 heterocycles. The molecule has 3 aromatic carbocycles. The number of halogens is 8. The van der Waals surface area contributed by atoms with Crippen molar-refractivity contribution < 1.29 is 49.5 Å². The third-order valence-electron chi connectivity index (χ3n) is 6.42. The van der Waals surface area contributed by atoms with Crippen molar-refractivity contribution in [2.75, 3.05) is 18.5 Å². The lowest BCUT2D eigenvalue weighted by Crippen LogP contribution is -2.50. The molecule has 0 aliphatic heterocycles. The summed E-state index contributed by atoms with van der Waals surface area (Å²) in [6, 6.07) is 9.76. The van der Waals surface area contributed by atoms with Crippen LogP contribution in [-0.4, -0.2) is 43.7 Å². The summed E-state index contributed by atoms with van der Waals surface area (Å²) in [6.07, 6.45) is -12.7. The number of rotatable bonds is 7. The molecule has 42 heavy (non-hydrogen) atoms. The monoisotopic (exact) mass is 601 g/mol. The summed E-state index contributed by atoms with van der Waals surface area (Å²) in [7, 11) is 1.28. The molecule has 14 heteroatoms. The smallest absolute Gasteiger partial charge is 0.368 e. The van der Waals surface area contributed by atoms with Crippen LogP contribution in [0.5, 0.6) is 0 Å². The highest BCUT2D eigenvalue weighted by Gasteiger charge is 2.73.